The maximum absolute atomic E-state index is 11.7. The fourth-order valence-corrected chi connectivity index (χ4v) is 2.04. The molecule has 0 radical (unpaired) electrons. The first-order valence-corrected chi connectivity index (χ1v) is 5.88. The van der Waals surface area contributed by atoms with Gasteiger partial charge in [0.15, 0.2) is 0 Å². The second-order valence-electron chi connectivity index (χ2n) is 3.70. The van der Waals surface area contributed by atoms with Gasteiger partial charge in [0.05, 0.1) is 5.92 Å². The average Bonchev–Trinajstić information content (AvgIpc) is 2.82. The molecular formula is C8H11N5O3S. The molecule has 0 unspecified atom stereocenters. The Bertz CT molecular complexity index is 401. The van der Waals surface area contributed by atoms with Crippen LogP contribution in [0.4, 0.5) is 9.93 Å². The number of nitrogens with one attached hydrogen (secondary N) is 1. The zero-order chi connectivity index (χ0) is 12.3. The van der Waals surface area contributed by atoms with Crippen LogP contribution in [0.15, 0.2) is 0 Å². The summed E-state index contributed by atoms with van der Waals surface area (Å²) in [6.45, 7) is 0.879. The standard InChI is InChI=1S/C8H11N5O3S/c14-6(15)5-1-3-13(4-2-5)8(16)9-7-10-11-12-17-7/h5H,1-4H2,(H,14,15)(H,9,10,12,16). The number of likely N-dealkylation sites (tertiary alicyclic amines) is 1. The van der Waals surface area contributed by atoms with Crippen LogP contribution in [-0.2, 0) is 4.79 Å². The molecule has 1 aliphatic rings. The van der Waals surface area contributed by atoms with E-state index in [1.165, 1.54) is 0 Å². The number of aliphatic carboxylic acids is 1. The van der Waals surface area contributed by atoms with Crippen molar-refractivity contribution in [3.05, 3.63) is 0 Å². The minimum absolute atomic E-state index is 0.285. The summed E-state index contributed by atoms with van der Waals surface area (Å²) in [5.41, 5.74) is 0. The lowest BCUT2D eigenvalue weighted by Crippen LogP contribution is -2.42. The molecule has 1 saturated heterocycles. The van der Waals surface area contributed by atoms with Crippen molar-refractivity contribution in [1.29, 1.82) is 0 Å². The van der Waals surface area contributed by atoms with Gasteiger partial charge in [0, 0.05) is 24.6 Å². The van der Waals surface area contributed by atoms with Crippen molar-refractivity contribution in [2.75, 3.05) is 18.4 Å². The molecule has 0 bridgehead atoms. The Balaban J connectivity index is 1.84. The van der Waals surface area contributed by atoms with Crippen LogP contribution in [0.3, 0.4) is 0 Å². The molecule has 1 aromatic heterocycles. The lowest BCUT2D eigenvalue weighted by Gasteiger charge is -2.29. The molecule has 1 aliphatic heterocycles. The molecule has 92 valence electrons. The Hall–Kier alpha value is -1.77. The Morgan fingerprint density at radius 2 is 2.12 bits per heavy atom. The molecule has 0 spiro atoms. The Kier molecular flexibility index (Phi) is 3.47. The van der Waals surface area contributed by atoms with E-state index < -0.39 is 5.97 Å². The highest BCUT2D eigenvalue weighted by Gasteiger charge is 2.27. The molecule has 2 heterocycles. The van der Waals surface area contributed by atoms with Crippen LogP contribution < -0.4 is 5.32 Å². The van der Waals surface area contributed by atoms with E-state index >= 15 is 0 Å². The summed E-state index contributed by atoms with van der Waals surface area (Å²) in [6.07, 6.45) is 0.967. The predicted molar refractivity (Wildman–Crippen MR) is 58.7 cm³/mol. The van der Waals surface area contributed by atoms with Crippen LogP contribution in [0.5, 0.6) is 0 Å². The van der Waals surface area contributed by atoms with Gasteiger partial charge >= 0.3 is 12.0 Å². The third-order valence-electron chi connectivity index (χ3n) is 2.64. The minimum Gasteiger partial charge on any atom is -0.481 e. The first kappa shape index (κ1) is 11.7. The van der Waals surface area contributed by atoms with E-state index in [0.717, 1.165) is 11.5 Å². The third-order valence-corrected chi connectivity index (χ3v) is 3.16. The number of anilines is 1. The molecule has 2 amide bonds. The van der Waals surface area contributed by atoms with E-state index in [1.54, 1.807) is 4.90 Å². The Morgan fingerprint density at radius 1 is 1.41 bits per heavy atom. The molecule has 8 nitrogen and oxygen atoms in total. The van der Waals surface area contributed by atoms with Crippen LogP contribution in [0.2, 0.25) is 0 Å². The lowest BCUT2D eigenvalue weighted by molar-refractivity contribution is -0.143. The van der Waals surface area contributed by atoms with E-state index in [0.29, 0.717) is 31.1 Å². The molecule has 17 heavy (non-hydrogen) atoms. The molecule has 9 heteroatoms. The van der Waals surface area contributed by atoms with Crippen molar-refractivity contribution in [3.8, 4) is 0 Å². The summed E-state index contributed by atoms with van der Waals surface area (Å²) in [7, 11) is 0. The molecule has 1 fully saturated rings. The van der Waals surface area contributed by atoms with Gasteiger partial charge < -0.3 is 10.0 Å². The maximum atomic E-state index is 11.7. The zero-order valence-corrected chi connectivity index (χ0v) is 9.68. The Labute approximate surface area is 101 Å². The summed E-state index contributed by atoms with van der Waals surface area (Å²) in [5.74, 6) is -1.14. The second kappa shape index (κ2) is 5.04. The topological polar surface area (TPSA) is 108 Å². The van der Waals surface area contributed by atoms with Gasteiger partial charge in [-0.1, -0.05) is 9.59 Å². The Morgan fingerprint density at radius 3 is 2.65 bits per heavy atom. The molecule has 0 aliphatic carbocycles. The van der Waals surface area contributed by atoms with Crippen LogP contribution in [0.1, 0.15) is 12.8 Å². The van der Waals surface area contributed by atoms with E-state index in [1.807, 2.05) is 0 Å². The highest BCUT2D eigenvalue weighted by Crippen LogP contribution is 2.18. The third kappa shape index (κ3) is 2.87. The van der Waals surface area contributed by atoms with Crippen LogP contribution in [0.25, 0.3) is 0 Å². The number of carboxylic acids is 1. The van der Waals surface area contributed by atoms with Crippen molar-refractivity contribution in [3.63, 3.8) is 0 Å². The molecule has 0 atom stereocenters. The zero-order valence-electron chi connectivity index (χ0n) is 8.87. The number of rotatable bonds is 2. The number of hydrogen-bond donors (Lipinski definition) is 2. The van der Waals surface area contributed by atoms with Crippen molar-refractivity contribution in [2.45, 2.75) is 12.8 Å². The molecule has 0 saturated carbocycles. The summed E-state index contributed by atoms with van der Waals surface area (Å²) >= 11 is 0.996. The van der Waals surface area contributed by atoms with Crippen molar-refractivity contribution >= 4 is 28.7 Å². The number of urea groups is 1. The summed E-state index contributed by atoms with van der Waals surface area (Å²) in [5, 5.41) is 18.7. The van der Waals surface area contributed by atoms with Gasteiger partial charge in [-0.05, 0) is 18.1 Å². The smallest absolute Gasteiger partial charge is 0.323 e. The van der Waals surface area contributed by atoms with Gasteiger partial charge in [0.2, 0.25) is 5.13 Å². The molecular weight excluding hydrogens is 246 g/mol. The molecule has 2 N–H and O–H groups in total. The summed E-state index contributed by atoms with van der Waals surface area (Å²) in [4.78, 5) is 24.0. The van der Waals surface area contributed by atoms with Gasteiger partial charge in [-0.2, -0.15) is 0 Å². The second-order valence-corrected chi connectivity index (χ2v) is 4.43. The molecule has 2 rings (SSSR count). The SMILES string of the molecule is O=C(O)C1CCN(C(=O)Nc2nnns2)CC1. The van der Waals surface area contributed by atoms with Gasteiger partial charge in [-0.3, -0.25) is 10.1 Å². The molecule has 1 aromatic rings. The number of carbonyl (C=O) groups is 2. The van der Waals surface area contributed by atoms with Gasteiger partial charge in [0.1, 0.15) is 0 Å². The number of hydrogen-bond acceptors (Lipinski definition) is 6. The van der Waals surface area contributed by atoms with E-state index in [2.05, 4.69) is 20.1 Å². The van der Waals surface area contributed by atoms with Gasteiger partial charge in [-0.15, -0.1) is 0 Å². The van der Waals surface area contributed by atoms with Crippen molar-refractivity contribution < 1.29 is 14.7 Å². The summed E-state index contributed by atoms with van der Waals surface area (Å²) < 4.78 is 3.53. The monoisotopic (exact) mass is 257 g/mol. The summed E-state index contributed by atoms with van der Waals surface area (Å²) in [6, 6.07) is -0.285. The van der Waals surface area contributed by atoms with E-state index in [-0.39, 0.29) is 11.9 Å². The maximum Gasteiger partial charge on any atom is 0.323 e. The number of carbonyl (C=O) groups excluding carboxylic acids is 1. The predicted octanol–water partition coefficient (Wildman–Crippen LogP) is 0.262. The highest BCUT2D eigenvalue weighted by atomic mass is 32.1. The van der Waals surface area contributed by atoms with Crippen LogP contribution in [0, 0.1) is 5.92 Å². The lowest BCUT2D eigenvalue weighted by atomic mass is 9.97. The van der Waals surface area contributed by atoms with Gasteiger partial charge in [-0.25, -0.2) is 4.79 Å². The average molecular weight is 257 g/mol. The number of amides is 2. The van der Waals surface area contributed by atoms with E-state index in [4.69, 9.17) is 5.11 Å². The van der Waals surface area contributed by atoms with Crippen molar-refractivity contribution in [1.82, 2.24) is 19.7 Å². The first-order valence-electron chi connectivity index (χ1n) is 5.10. The number of nitrogens with zero attached hydrogens (tertiary/aromatic N) is 4. The van der Waals surface area contributed by atoms with Crippen LogP contribution >= 0.6 is 11.5 Å². The largest absolute Gasteiger partial charge is 0.481 e. The quantitative estimate of drug-likeness (QED) is 0.786. The van der Waals surface area contributed by atoms with E-state index in [9.17, 15) is 9.59 Å². The normalized spacial score (nSPS) is 16.8. The van der Waals surface area contributed by atoms with Gasteiger partial charge in [0.25, 0.3) is 0 Å². The number of piperidine rings is 1. The van der Waals surface area contributed by atoms with Crippen LogP contribution in [-0.4, -0.2) is 49.9 Å². The fourth-order valence-electron chi connectivity index (χ4n) is 1.68. The fraction of sp³-hybridized carbons (Fsp3) is 0.625. The van der Waals surface area contributed by atoms with Crippen molar-refractivity contribution in [2.24, 2.45) is 5.92 Å². The first-order chi connectivity index (χ1) is 8.16. The number of carboxylic acid groups (broad SMARTS) is 1. The highest BCUT2D eigenvalue weighted by molar-refractivity contribution is 7.09. The number of aromatic nitrogens is 3. The minimum atomic E-state index is -0.793. The molecule has 0 aromatic carbocycles.